The van der Waals surface area contributed by atoms with Crippen LogP contribution in [0.25, 0.3) is 0 Å². The van der Waals surface area contributed by atoms with Crippen LogP contribution in [-0.4, -0.2) is 91.5 Å². The van der Waals surface area contributed by atoms with Gasteiger partial charge in [-0.2, -0.15) is 0 Å². The molecule has 2 aliphatic rings. The van der Waals surface area contributed by atoms with Crippen molar-refractivity contribution >= 4 is 23.1 Å². The predicted molar refractivity (Wildman–Crippen MR) is 173 cm³/mol. The van der Waals surface area contributed by atoms with E-state index >= 15 is 0 Å². The zero-order valence-corrected chi connectivity index (χ0v) is 27.3. The van der Waals surface area contributed by atoms with E-state index in [-0.39, 0.29) is 5.54 Å². The van der Waals surface area contributed by atoms with Crippen molar-refractivity contribution in [2.45, 2.75) is 82.3 Å². The first-order valence-electron chi connectivity index (χ1n) is 15.4. The molecule has 4 rings (SSSR count). The molecule has 2 aliphatic heterocycles. The fourth-order valence-electron chi connectivity index (χ4n) is 6.54. The zero-order valence-electron chi connectivity index (χ0n) is 26.4. The number of thioether (sulfide) groups is 1. The topological polar surface area (TPSA) is 38.7 Å². The molecule has 0 radical (unpaired) electrons. The minimum absolute atomic E-state index is 0.136. The standard InChI is InChI=1S/C33H54N6S/c1-25(31-15-13-29(21-34-31)38-18-9-11-27(23-38)26(2)36(5)6)17-20-37(7)33(3,4)28-12-10-19-39(24-28)30-14-16-32(40-8)35-22-30/h13-16,21-22,25-28H,9-12,17-20,23-24H2,1-8H3/t25?,26?,27-,28?/m0/s1. The zero-order chi connectivity index (χ0) is 28.9. The van der Waals surface area contributed by atoms with Crippen LogP contribution in [0.15, 0.2) is 41.7 Å². The molecule has 40 heavy (non-hydrogen) atoms. The van der Waals surface area contributed by atoms with Crippen LogP contribution in [0.2, 0.25) is 0 Å². The Morgan fingerprint density at radius 3 is 2.17 bits per heavy atom. The summed E-state index contributed by atoms with van der Waals surface area (Å²) in [5.41, 5.74) is 3.90. The molecule has 2 saturated heterocycles. The summed E-state index contributed by atoms with van der Waals surface area (Å²) >= 11 is 1.70. The summed E-state index contributed by atoms with van der Waals surface area (Å²) in [7, 11) is 6.72. The molecule has 0 bridgehead atoms. The average Bonchev–Trinajstić information content (AvgIpc) is 2.99. The van der Waals surface area contributed by atoms with Gasteiger partial charge in [-0.25, -0.2) is 4.98 Å². The van der Waals surface area contributed by atoms with Gasteiger partial charge in [-0.05, 0) is 129 Å². The quantitative estimate of drug-likeness (QED) is 0.288. The Balaban J connectivity index is 1.30. The second-order valence-electron chi connectivity index (χ2n) is 13.1. The Morgan fingerprint density at radius 1 is 0.925 bits per heavy atom. The Bertz CT molecular complexity index is 1040. The lowest BCUT2D eigenvalue weighted by Crippen LogP contribution is -2.53. The van der Waals surface area contributed by atoms with E-state index in [1.54, 1.807) is 11.8 Å². The Labute approximate surface area is 248 Å². The summed E-state index contributed by atoms with van der Waals surface area (Å²) in [5, 5.41) is 1.09. The third-order valence-corrected chi connectivity index (χ3v) is 10.9. The first kappa shape index (κ1) is 31.1. The molecular weight excluding hydrogens is 512 g/mol. The number of nitrogens with zero attached hydrogens (tertiary/aromatic N) is 6. The number of rotatable bonds is 11. The summed E-state index contributed by atoms with van der Waals surface area (Å²) < 4.78 is 0. The maximum atomic E-state index is 4.96. The second-order valence-corrected chi connectivity index (χ2v) is 13.9. The molecule has 222 valence electrons. The lowest BCUT2D eigenvalue weighted by Gasteiger charge is -2.47. The summed E-state index contributed by atoms with van der Waals surface area (Å²) in [4.78, 5) is 19.6. The van der Waals surface area contributed by atoms with E-state index in [9.17, 15) is 0 Å². The molecule has 2 aromatic rings. The minimum Gasteiger partial charge on any atom is -0.370 e. The summed E-state index contributed by atoms with van der Waals surface area (Å²) in [6, 6.07) is 9.59. The minimum atomic E-state index is 0.136. The van der Waals surface area contributed by atoms with Crippen LogP contribution in [0.3, 0.4) is 0 Å². The van der Waals surface area contributed by atoms with E-state index in [0.717, 1.165) is 50.1 Å². The van der Waals surface area contributed by atoms with E-state index < -0.39 is 0 Å². The molecule has 2 aromatic heterocycles. The molecule has 0 saturated carbocycles. The molecule has 4 heterocycles. The van der Waals surface area contributed by atoms with Crippen LogP contribution < -0.4 is 9.80 Å². The summed E-state index contributed by atoms with van der Waals surface area (Å²) in [6.45, 7) is 15.2. The van der Waals surface area contributed by atoms with Gasteiger partial charge in [-0.3, -0.25) is 4.98 Å². The van der Waals surface area contributed by atoms with Gasteiger partial charge in [0.1, 0.15) is 0 Å². The van der Waals surface area contributed by atoms with Crippen LogP contribution in [0.5, 0.6) is 0 Å². The van der Waals surface area contributed by atoms with Crippen molar-refractivity contribution in [3.63, 3.8) is 0 Å². The highest BCUT2D eigenvalue weighted by atomic mass is 32.2. The van der Waals surface area contributed by atoms with Gasteiger partial charge in [0, 0.05) is 43.5 Å². The van der Waals surface area contributed by atoms with Crippen molar-refractivity contribution in [3.8, 4) is 0 Å². The molecule has 2 fully saturated rings. The molecule has 0 aliphatic carbocycles. The Hall–Kier alpha value is -1.83. The Morgan fingerprint density at radius 2 is 1.57 bits per heavy atom. The molecule has 7 heteroatoms. The fourth-order valence-corrected chi connectivity index (χ4v) is 6.90. The van der Waals surface area contributed by atoms with E-state index in [1.807, 2.05) is 0 Å². The highest BCUT2D eigenvalue weighted by molar-refractivity contribution is 7.98. The van der Waals surface area contributed by atoms with E-state index in [2.05, 4.69) is 116 Å². The number of hydrogen-bond donors (Lipinski definition) is 0. The number of hydrogen-bond acceptors (Lipinski definition) is 7. The van der Waals surface area contributed by atoms with Gasteiger partial charge in [0.05, 0.1) is 28.8 Å². The number of pyridine rings is 2. The predicted octanol–water partition coefficient (Wildman–Crippen LogP) is 6.49. The second kappa shape index (κ2) is 13.9. The molecule has 0 amide bonds. The summed E-state index contributed by atoms with van der Waals surface area (Å²) in [5.74, 6) is 1.79. The van der Waals surface area contributed by atoms with Gasteiger partial charge < -0.3 is 19.6 Å². The molecule has 0 N–H and O–H groups in total. The highest BCUT2D eigenvalue weighted by Gasteiger charge is 2.36. The lowest BCUT2D eigenvalue weighted by molar-refractivity contribution is 0.0764. The van der Waals surface area contributed by atoms with Gasteiger partial charge in [0.15, 0.2) is 0 Å². The third kappa shape index (κ3) is 7.51. The maximum Gasteiger partial charge on any atom is 0.0958 e. The van der Waals surface area contributed by atoms with Crippen molar-refractivity contribution in [3.05, 3.63) is 42.4 Å². The van der Waals surface area contributed by atoms with Gasteiger partial charge in [0.25, 0.3) is 0 Å². The van der Waals surface area contributed by atoms with Crippen LogP contribution >= 0.6 is 11.8 Å². The summed E-state index contributed by atoms with van der Waals surface area (Å²) in [6.07, 6.45) is 12.5. The molecule has 4 atom stereocenters. The van der Waals surface area contributed by atoms with E-state index in [0.29, 0.717) is 17.9 Å². The molecular formula is C33H54N6S. The van der Waals surface area contributed by atoms with Crippen molar-refractivity contribution in [1.82, 2.24) is 19.8 Å². The van der Waals surface area contributed by atoms with Gasteiger partial charge in [-0.15, -0.1) is 11.8 Å². The van der Waals surface area contributed by atoms with Crippen LogP contribution in [0, 0.1) is 11.8 Å². The number of aromatic nitrogens is 2. The van der Waals surface area contributed by atoms with E-state index in [4.69, 9.17) is 4.98 Å². The van der Waals surface area contributed by atoms with Crippen molar-refractivity contribution in [1.29, 1.82) is 0 Å². The largest absolute Gasteiger partial charge is 0.370 e. The molecule has 6 nitrogen and oxygen atoms in total. The van der Waals surface area contributed by atoms with Crippen molar-refractivity contribution < 1.29 is 0 Å². The van der Waals surface area contributed by atoms with Crippen LogP contribution in [0.1, 0.15) is 71.4 Å². The molecule has 3 unspecified atom stereocenters. The van der Waals surface area contributed by atoms with Crippen molar-refractivity contribution in [2.75, 3.05) is 69.9 Å². The van der Waals surface area contributed by atoms with Gasteiger partial charge in [-0.1, -0.05) is 6.92 Å². The normalized spacial score (nSPS) is 22.1. The fraction of sp³-hybridized carbons (Fsp3) is 0.697. The van der Waals surface area contributed by atoms with Gasteiger partial charge >= 0.3 is 0 Å². The molecule has 0 spiro atoms. The average molecular weight is 567 g/mol. The van der Waals surface area contributed by atoms with Gasteiger partial charge in [0.2, 0.25) is 0 Å². The SMILES string of the molecule is CSc1ccc(N2CCCC(C(C)(C)N(C)CCC(C)c3ccc(N4CCC[C@H](C(C)N(C)C)C4)cn3)C2)cn1. The first-order valence-corrected chi connectivity index (χ1v) is 16.7. The molecule has 0 aromatic carbocycles. The Kier molecular flexibility index (Phi) is 10.8. The first-order chi connectivity index (χ1) is 19.1. The maximum absolute atomic E-state index is 4.96. The van der Waals surface area contributed by atoms with Crippen molar-refractivity contribution in [2.24, 2.45) is 11.8 Å². The number of piperidine rings is 2. The highest BCUT2D eigenvalue weighted by Crippen LogP contribution is 2.34. The number of anilines is 2. The van der Waals surface area contributed by atoms with E-state index in [1.165, 1.54) is 42.8 Å². The third-order valence-electron chi connectivity index (χ3n) is 10.2. The van der Waals surface area contributed by atoms with Crippen LogP contribution in [0.4, 0.5) is 11.4 Å². The monoisotopic (exact) mass is 566 g/mol. The van der Waals surface area contributed by atoms with Crippen LogP contribution in [-0.2, 0) is 0 Å². The smallest absolute Gasteiger partial charge is 0.0958 e. The lowest BCUT2D eigenvalue weighted by atomic mass is 9.80.